The van der Waals surface area contributed by atoms with Crippen molar-refractivity contribution in [3.63, 3.8) is 0 Å². The Morgan fingerprint density at radius 3 is 2.49 bits per heavy atom. The average molecular weight is 522 g/mol. The van der Waals surface area contributed by atoms with Gasteiger partial charge in [-0.1, -0.05) is 25.1 Å². The Bertz CT molecular complexity index is 1300. The number of rotatable bonds is 8. The molecule has 1 N–H and O–H groups in total. The molecular formula is C28H31N3O5S. The van der Waals surface area contributed by atoms with Crippen molar-refractivity contribution in [3.8, 4) is 17.2 Å². The second-order valence-corrected chi connectivity index (χ2v) is 9.21. The second-order valence-electron chi connectivity index (χ2n) is 8.82. The standard InChI is InChI=1S/C28H31N3O5S/c1-5-19-8-6-7-18(2)27(19)29-28(37)30-14-13-20-15-25(34-3)26(35-4)16-23(20)24(30)17-36-22-11-9-21(10-12-22)31(32)33/h6-12,15-16,24H,5,13-14,17H2,1-4H3,(H,29,37). The van der Waals surface area contributed by atoms with Gasteiger partial charge in [0.1, 0.15) is 12.4 Å². The molecule has 194 valence electrons. The lowest BCUT2D eigenvalue weighted by molar-refractivity contribution is -0.384. The molecule has 0 aliphatic carbocycles. The minimum Gasteiger partial charge on any atom is -0.493 e. The summed E-state index contributed by atoms with van der Waals surface area (Å²) in [6.45, 7) is 5.18. The van der Waals surface area contributed by atoms with Gasteiger partial charge in [0.15, 0.2) is 16.6 Å². The van der Waals surface area contributed by atoms with E-state index in [1.807, 2.05) is 12.1 Å². The maximum atomic E-state index is 11.0. The largest absolute Gasteiger partial charge is 0.493 e. The summed E-state index contributed by atoms with van der Waals surface area (Å²) >= 11 is 5.94. The molecule has 0 fully saturated rings. The number of aryl methyl sites for hydroxylation is 2. The number of para-hydroxylation sites is 1. The average Bonchev–Trinajstić information content (AvgIpc) is 2.91. The Kier molecular flexibility index (Phi) is 8.13. The quantitative estimate of drug-likeness (QED) is 0.224. The molecule has 9 heteroatoms. The van der Waals surface area contributed by atoms with E-state index in [4.69, 9.17) is 26.4 Å². The van der Waals surface area contributed by atoms with E-state index in [-0.39, 0.29) is 18.3 Å². The highest BCUT2D eigenvalue weighted by molar-refractivity contribution is 7.80. The first-order chi connectivity index (χ1) is 17.9. The highest BCUT2D eigenvalue weighted by Gasteiger charge is 2.32. The summed E-state index contributed by atoms with van der Waals surface area (Å²) in [4.78, 5) is 12.7. The molecule has 0 amide bonds. The van der Waals surface area contributed by atoms with Crippen molar-refractivity contribution in [2.24, 2.45) is 0 Å². The third kappa shape index (κ3) is 5.61. The van der Waals surface area contributed by atoms with E-state index in [1.165, 1.54) is 17.7 Å². The zero-order valence-corrected chi connectivity index (χ0v) is 22.3. The maximum absolute atomic E-state index is 11.0. The van der Waals surface area contributed by atoms with Gasteiger partial charge < -0.3 is 24.4 Å². The molecule has 3 aromatic rings. The van der Waals surface area contributed by atoms with Gasteiger partial charge in [-0.05, 0) is 78.5 Å². The highest BCUT2D eigenvalue weighted by atomic mass is 32.1. The molecular weight excluding hydrogens is 490 g/mol. The molecule has 1 unspecified atom stereocenters. The Morgan fingerprint density at radius 2 is 1.84 bits per heavy atom. The van der Waals surface area contributed by atoms with E-state index in [0.717, 1.165) is 35.2 Å². The number of ether oxygens (including phenoxy) is 3. The lowest BCUT2D eigenvalue weighted by atomic mass is 9.92. The molecule has 4 rings (SSSR count). The number of nitro benzene ring substituents is 1. The van der Waals surface area contributed by atoms with Crippen LogP contribution in [-0.2, 0) is 12.8 Å². The first-order valence-electron chi connectivity index (χ1n) is 12.1. The number of methoxy groups -OCH3 is 2. The molecule has 0 radical (unpaired) electrons. The number of non-ortho nitro benzene ring substituents is 1. The smallest absolute Gasteiger partial charge is 0.269 e. The van der Waals surface area contributed by atoms with E-state index in [1.54, 1.807) is 26.4 Å². The van der Waals surface area contributed by atoms with Crippen LogP contribution < -0.4 is 19.5 Å². The van der Waals surface area contributed by atoms with Crippen LogP contribution in [0.3, 0.4) is 0 Å². The van der Waals surface area contributed by atoms with E-state index in [2.05, 4.69) is 42.3 Å². The fourth-order valence-corrected chi connectivity index (χ4v) is 4.99. The summed E-state index contributed by atoms with van der Waals surface area (Å²) in [6.07, 6.45) is 1.67. The summed E-state index contributed by atoms with van der Waals surface area (Å²) in [5, 5.41) is 15.1. The van der Waals surface area contributed by atoms with Gasteiger partial charge in [-0.3, -0.25) is 10.1 Å². The van der Waals surface area contributed by atoms with Gasteiger partial charge in [0.2, 0.25) is 0 Å². The van der Waals surface area contributed by atoms with E-state index in [0.29, 0.717) is 28.9 Å². The topological polar surface area (TPSA) is 86.1 Å². The van der Waals surface area contributed by atoms with Crippen LogP contribution in [0.25, 0.3) is 0 Å². The predicted octanol–water partition coefficient (Wildman–Crippen LogP) is 5.86. The van der Waals surface area contributed by atoms with Crippen molar-refractivity contribution in [1.29, 1.82) is 0 Å². The second kappa shape index (κ2) is 11.5. The predicted molar refractivity (Wildman–Crippen MR) is 148 cm³/mol. The number of thiocarbonyl (C=S) groups is 1. The molecule has 37 heavy (non-hydrogen) atoms. The SMILES string of the molecule is CCc1cccc(C)c1NC(=S)N1CCc2cc(OC)c(OC)cc2C1COc1ccc([N+](=O)[O-])cc1. The fourth-order valence-electron chi connectivity index (χ4n) is 4.67. The summed E-state index contributed by atoms with van der Waals surface area (Å²) in [7, 11) is 3.24. The first-order valence-corrected chi connectivity index (χ1v) is 12.5. The highest BCUT2D eigenvalue weighted by Crippen LogP contribution is 2.39. The zero-order chi connectivity index (χ0) is 26.5. The van der Waals surface area contributed by atoms with E-state index in [9.17, 15) is 10.1 Å². The van der Waals surface area contributed by atoms with Crippen molar-refractivity contribution < 1.29 is 19.1 Å². The van der Waals surface area contributed by atoms with Gasteiger partial charge in [-0.15, -0.1) is 0 Å². The minimum absolute atomic E-state index is 0.0177. The summed E-state index contributed by atoms with van der Waals surface area (Å²) < 4.78 is 17.3. The first kappa shape index (κ1) is 26.2. The van der Waals surface area contributed by atoms with Gasteiger partial charge in [0.25, 0.3) is 5.69 Å². The van der Waals surface area contributed by atoms with Gasteiger partial charge >= 0.3 is 0 Å². The molecule has 1 heterocycles. The third-order valence-electron chi connectivity index (χ3n) is 6.69. The van der Waals surface area contributed by atoms with Crippen LogP contribution in [0, 0.1) is 17.0 Å². The normalized spacial score (nSPS) is 14.5. The molecule has 3 aromatic carbocycles. The third-order valence-corrected chi connectivity index (χ3v) is 7.03. The fraction of sp³-hybridized carbons (Fsp3) is 0.321. The lowest BCUT2D eigenvalue weighted by Gasteiger charge is -2.39. The zero-order valence-electron chi connectivity index (χ0n) is 21.4. The lowest BCUT2D eigenvalue weighted by Crippen LogP contribution is -2.44. The van der Waals surface area contributed by atoms with Crippen molar-refractivity contribution in [2.45, 2.75) is 32.7 Å². The number of fused-ring (bicyclic) bond motifs is 1. The maximum Gasteiger partial charge on any atom is 0.269 e. The molecule has 8 nitrogen and oxygen atoms in total. The molecule has 1 atom stereocenters. The summed E-state index contributed by atoms with van der Waals surface area (Å²) in [5.74, 6) is 1.86. The van der Waals surface area contributed by atoms with Gasteiger partial charge in [0, 0.05) is 24.4 Å². The number of hydrogen-bond donors (Lipinski definition) is 1. The van der Waals surface area contributed by atoms with Crippen LogP contribution in [0.1, 0.15) is 35.2 Å². The number of hydrogen-bond acceptors (Lipinski definition) is 6. The van der Waals surface area contributed by atoms with Crippen LogP contribution in [-0.4, -0.2) is 42.3 Å². The van der Waals surface area contributed by atoms with Crippen LogP contribution >= 0.6 is 12.2 Å². The van der Waals surface area contributed by atoms with Crippen LogP contribution in [0.5, 0.6) is 17.2 Å². The molecule has 1 aliphatic heterocycles. The molecule has 0 spiro atoms. The molecule has 0 saturated heterocycles. The van der Waals surface area contributed by atoms with Gasteiger partial charge in [-0.2, -0.15) is 0 Å². The Labute approximate surface area is 222 Å². The van der Waals surface area contributed by atoms with Crippen LogP contribution in [0.15, 0.2) is 54.6 Å². The van der Waals surface area contributed by atoms with E-state index < -0.39 is 4.92 Å². The summed E-state index contributed by atoms with van der Waals surface area (Å²) in [6, 6.07) is 16.1. The molecule has 1 aliphatic rings. The monoisotopic (exact) mass is 521 g/mol. The Morgan fingerprint density at radius 1 is 1.14 bits per heavy atom. The van der Waals surface area contributed by atoms with E-state index >= 15 is 0 Å². The number of nitro groups is 1. The van der Waals surface area contributed by atoms with Crippen molar-refractivity contribution >= 4 is 28.7 Å². The van der Waals surface area contributed by atoms with Crippen molar-refractivity contribution in [3.05, 3.63) is 87.0 Å². The van der Waals surface area contributed by atoms with Gasteiger partial charge in [0.05, 0.1) is 25.2 Å². The van der Waals surface area contributed by atoms with Crippen LogP contribution in [0.4, 0.5) is 11.4 Å². The molecule has 0 bridgehead atoms. The summed E-state index contributed by atoms with van der Waals surface area (Å²) in [5.41, 5.74) is 5.55. The molecule has 0 saturated carbocycles. The van der Waals surface area contributed by atoms with Crippen molar-refractivity contribution in [2.75, 3.05) is 32.7 Å². The number of anilines is 1. The number of nitrogens with one attached hydrogen (secondary N) is 1. The number of benzene rings is 3. The minimum atomic E-state index is -0.428. The van der Waals surface area contributed by atoms with Crippen LogP contribution in [0.2, 0.25) is 0 Å². The van der Waals surface area contributed by atoms with Crippen molar-refractivity contribution in [1.82, 2.24) is 4.90 Å². The van der Waals surface area contributed by atoms with Gasteiger partial charge in [-0.25, -0.2) is 0 Å². The Hall–Kier alpha value is -3.85. The number of nitrogens with zero attached hydrogens (tertiary/aromatic N) is 2. The molecule has 0 aromatic heterocycles. The Balaban J connectivity index is 1.66.